The zero-order valence-electron chi connectivity index (χ0n) is 24.4. The summed E-state index contributed by atoms with van der Waals surface area (Å²) in [7, 11) is -0.239. The minimum absolute atomic E-state index is 0.239. The Bertz CT molecular complexity index is 1090. The lowest BCUT2D eigenvalue weighted by Gasteiger charge is -2.42. The highest BCUT2D eigenvalue weighted by molar-refractivity contribution is 7.60. The smallest absolute Gasteiger partial charge is 0.0912 e. The van der Waals surface area contributed by atoms with Gasteiger partial charge >= 0.3 is 0 Å². The molecule has 3 rings (SSSR count). The Morgan fingerprint density at radius 1 is 0.600 bits per heavy atom. The van der Waals surface area contributed by atoms with Crippen molar-refractivity contribution < 1.29 is 0 Å². The van der Waals surface area contributed by atoms with E-state index in [1.54, 1.807) is 0 Å². The maximum Gasteiger partial charge on any atom is 0.242 e. The average molecular weight is 485 g/mol. The second kappa shape index (κ2) is 10.3. The van der Waals surface area contributed by atoms with E-state index in [4.69, 9.17) is 0 Å². The van der Waals surface area contributed by atoms with Crippen molar-refractivity contribution in [3.05, 3.63) is 87.5 Å². The molecule has 2 heteroatoms. The number of rotatable bonds is 5. The summed E-state index contributed by atoms with van der Waals surface area (Å²) >= 11 is 0. The topological polar surface area (TPSA) is 0 Å². The molecule has 0 aliphatic heterocycles. The van der Waals surface area contributed by atoms with Gasteiger partial charge in [0.1, 0.15) is 0 Å². The van der Waals surface area contributed by atoms with Crippen molar-refractivity contribution in [2.24, 2.45) is 0 Å². The Morgan fingerprint density at radius 2 is 0.971 bits per heavy atom. The molecule has 0 fully saturated rings. The predicted molar refractivity (Wildman–Crippen MR) is 163 cm³/mol. The summed E-state index contributed by atoms with van der Waals surface area (Å²) in [4.78, 5) is 0. The summed E-state index contributed by atoms with van der Waals surface area (Å²) < 4.78 is 0. The molecular weight excluding hydrogens is 438 g/mol. The van der Waals surface area contributed by atoms with Gasteiger partial charge in [-0.2, -0.15) is 0 Å². The van der Waals surface area contributed by atoms with Crippen LogP contribution in [0.25, 0.3) is 0 Å². The maximum atomic E-state index is 2.44. The highest BCUT2D eigenvalue weighted by Crippen LogP contribution is 2.61. The third kappa shape index (κ3) is 6.11. The molecule has 0 nitrogen and oxygen atoms in total. The lowest BCUT2D eigenvalue weighted by atomic mass is 9.33. The molecule has 0 spiro atoms. The zero-order valence-corrected chi connectivity index (χ0v) is 25.2. The first-order valence-electron chi connectivity index (χ1n) is 13.1. The van der Waals surface area contributed by atoms with Gasteiger partial charge in [0.25, 0.3) is 0 Å². The second-order valence-electron chi connectivity index (χ2n) is 12.7. The van der Waals surface area contributed by atoms with E-state index >= 15 is 0 Å². The fourth-order valence-corrected chi connectivity index (χ4v) is 9.95. The van der Waals surface area contributed by atoms with E-state index < -0.39 is 0 Å². The molecule has 0 aromatic heterocycles. The van der Waals surface area contributed by atoms with Crippen molar-refractivity contribution in [1.82, 2.24) is 0 Å². The van der Waals surface area contributed by atoms with Crippen molar-refractivity contribution >= 4 is 31.0 Å². The maximum absolute atomic E-state index is 2.44. The lowest BCUT2D eigenvalue weighted by Crippen LogP contribution is -2.57. The lowest BCUT2D eigenvalue weighted by molar-refractivity contribution is 0.703. The molecule has 0 aliphatic rings. The van der Waals surface area contributed by atoms with Gasteiger partial charge in [0.05, 0.1) is 0 Å². The van der Waals surface area contributed by atoms with Crippen LogP contribution < -0.4 is 16.4 Å². The monoisotopic (exact) mass is 484 g/mol. The molecule has 0 heterocycles. The number of aryl methyl sites for hydroxylation is 6. The molecule has 0 saturated carbocycles. The molecular formula is C33H46BP. The van der Waals surface area contributed by atoms with Gasteiger partial charge in [0.2, 0.25) is 6.71 Å². The molecule has 3 aromatic carbocycles. The Balaban J connectivity index is 2.34. The van der Waals surface area contributed by atoms with E-state index in [0.717, 1.165) is 6.16 Å². The van der Waals surface area contributed by atoms with E-state index in [0.29, 0.717) is 10.3 Å². The molecule has 0 amide bonds. The highest BCUT2D eigenvalue weighted by atomic mass is 31.1. The van der Waals surface area contributed by atoms with Gasteiger partial charge in [-0.15, -0.1) is 0 Å². The minimum atomic E-state index is -0.239. The largest absolute Gasteiger partial charge is 0.242 e. The van der Waals surface area contributed by atoms with Crippen LogP contribution in [0.2, 0.25) is 0 Å². The summed E-state index contributed by atoms with van der Waals surface area (Å²) in [6.07, 6.45) is 1.16. The molecule has 0 N–H and O–H groups in total. The minimum Gasteiger partial charge on any atom is -0.0912 e. The van der Waals surface area contributed by atoms with E-state index in [1.807, 2.05) is 0 Å². The van der Waals surface area contributed by atoms with Crippen molar-refractivity contribution in [3.63, 3.8) is 0 Å². The van der Waals surface area contributed by atoms with Crippen molar-refractivity contribution in [2.75, 3.05) is 0 Å². The van der Waals surface area contributed by atoms with Gasteiger partial charge in [-0.1, -0.05) is 148 Å². The normalized spacial score (nSPS) is 12.4. The van der Waals surface area contributed by atoms with Crippen LogP contribution in [0.1, 0.15) is 80.5 Å². The van der Waals surface area contributed by atoms with Gasteiger partial charge in [-0.25, -0.2) is 0 Å². The van der Waals surface area contributed by atoms with Gasteiger partial charge in [0, 0.05) is 0 Å². The van der Waals surface area contributed by atoms with Gasteiger partial charge in [-0.3, -0.25) is 0 Å². The molecule has 0 unspecified atom stereocenters. The molecule has 0 atom stereocenters. The number of benzene rings is 3. The van der Waals surface area contributed by atoms with E-state index in [1.165, 1.54) is 55.3 Å². The standard InChI is InChI=1S/C33H46BP/c1-22-17-24(3)30(25(4)18-22)34(31-26(5)19-23(2)20-27(31)6)29-16-14-13-15-28(29)21-35(32(7,8)9)33(10,11)12/h13-20H,21H2,1-12H3. The average Bonchev–Trinajstić information content (AvgIpc) is 2.68. The fourth-order valence-electron chi connectivity index (χ4n) is 6.36. The summed E-state index contributed by atoms with van der Waals surface area (Å²) in [5.41, 5.74) is 14.3. The summed E-state index contributed by atoms with van der Waals surface area (Å²) in [6.45, 7) is 28.5. The molecule has 186 valence electrons. The molecule has 3 aromatic rings. The fraction of sp³-hybridized carbons (Fsp3) is 0.455. The van der Waals surface area contributed by atoms with E-state index in [2.05, 4.69) is 132 Å². The molecule has 0 radical (unpaired) electrons. The van der Waals surface area contributed by atoms with Crippen LogP contribution in [0, 0.1) is 41.5 Å². The second-order valence-corrected chi connectivity index (χ2v) is 16.5. The van der Waals surface area contributed by atoms with Crippen molar-refractivity contribution in [1.29, 1.82) is 0 Å². The van der Waals surface area contributed by atoms with Gasteiger partial charge < -0.3 is 0 Å². The van der Waals surface area contributed by atoms with Crippen LogP contribution in [0.15, 0.2) is 48.5 Å². The Hall–Kier alpha value is -1.85. The van der Waals surface area contributed by atoms with Crippen LogP contribution in [-0.4, -0.2) is 17.0 Å². The number of hydrogen-bond acceptors (Lipinski definition) is 0. The van der Waals surface area contributed by atoms with Crippen LogP contribution in [0.4, 0.5) is 0 Å². The van der Waals surface area contributed by atoms with Gasteiger partial charge in [0.15, 0.2) is 0 Å². The number of hydrogen-bond donors (Lipinski definition) is 0. The molecule has 0 aliphatic carbocycles. The third-order valence-electron chi connectivity index (χ3n) is 7.37. The predicted octanol–water partition coefficient (Wildman–Crippen LogP) is 7.63. The highest BCUT2D eigenvalue weighted by Gasteiger charge is 2.36. The van der Waals surface area contributed by atoms with Crippen LogP contribution in [0.5, 0.6) is 0 Å². The molecule has 35 heavy (non-hydrogen) atoms. The van der Waals surface area contributed by atoms with Gasteiger partial charge in [-0.05, 0) is 63.6 Å². The van der Waals surface area contributed by atoms with Crippen LogP contribution in [0.3, 0.4) is 0 Å². The summed E-state index contributed by atoms with van der Waals surface area (Å²) in [5, 5.41) is 0.586. The third-order valence-corrected chi connectivity index (χ3v) is 11.3. The van der Waals surface area contributed by atoms with Crippen LogP contribution in [-0.2, 0) is 6.16 Å². The van der Waals surface area contributed by atoms with Crippen LogP contribution >= 0.6 is 7.92 Å². The SMILES string of the molecule is Cc1cc(C)c(B(c2ccccc2CP(C(C)(C)C)C(C)(C)C)c2c(C)cc(C)cc2C)c(C)c1. The zero-order chi connectivity index (χ0) is 26.3. The first-order chi connectivity index (χ1) is 16.1. The van der Waals surface area contributed by atoms with Crippen molar-refractivity contribution in [3.8, 4) is 0 Å². The van der Waals surface area contributed by atoms with Crippen molar-refractivity contribution in [2.45, 2.75) is 99.6 Å². The van der Waals surface area contributed by atoms with E-state index in [-0.39, 0.29) is 14.6 Å². The molecule has 0 saturated heterocycles. The summed E-state index contributed by atoms with van der Waals surface area (Å²) in [5.74, 6) is 0. The Kier molecular flexibility index (Phi) is 8.13. The molecule has 0 bridgehead atoms. The quantitative estimate of drug-likeness (QED) is 0.258. The Labute approximate surface area is 217 Å². The Morgan fingerprint density at radius 3 is 1.34 bits per heavy atom. The first-order valence-corrected chi connectivity index (χ1v) is 14.6. The van der Waals surface area contributed by atoms with E-state index in [9.17, 15) is 0 Å². The first kappa shape index (κ1) is 27.7. The summed E-state index contributed by atoms with van der Waals surface area (Å²) in [6, 6.07) is 18.8.